The van der Waals surface area contributed by atoms with Gasteiger partial charge < -0.3 is 9.97 Å². The smallest absolute Gasteiger partial charge is 0.0753 e. The van der Waals surface area contributed by atoms with Crippen LogP contribution < -0.4 is 0 Å². The molecule has 7 aromatic heterocycles. The number of hydrogen-bond acceptors (Lipinski definition) is 6. The van der Waals surface area contributed by atoms with Crippen LogP contribution in [0.2, 0.25) is 0 Å². The van der Waals surface area contributed by atoms with Crippen molar-refractivity contribution in [3.8, 4) is 45.0 Å². The molecule has 9 heterocycles. The minimum absolute atomic E-state index is 0. The normalized spacial score (nSPS) is 11.8. The van der Waals surface area contributed by atoms with Gasteiger partial charge in [-0.2, -0.15) is 0 Å². The molecule has 0 fully saturated rings. The Morgan fingerprint density at radius 3 is 0.816 bits per heavy atom. The molecule has 0 saturated heterocycles. The van der Waals surface area contributed by atoms with E-state index in [-0.39, 0.29) is 17.1 Å². The van der Waals surface area contributed by atoms with Crippen molar-refractivity contribution in [2.45, 2.75) is 0 Å². The van der Waals surface area contributed by atoms with Crippen LogP contribution in [0.1, 0.15) is 22.8 Å². The molecule has 2 aliphatic rings. The average molecular weight is 675 g/mol. The van der Waals surface area contributed by atoms with E-state index in [0.717, 1.165) is 89.9 Å². The monoisotopic (exact) mass is 674 g/mol. The molecule has 49 heavy (non-hydrogen) atoms. The van der Waals surface area contributed by atoms with Crippen LogP contribution in [0.15, 0.2) is 122 Å². The molecule has 0 aromatic carbocycles. The standard InChI is InChI=1S/C40H26N8.Fe/c1-5-21-41-25(9-1)37-29-13-15-31(45-29)38(26-10-2-6-22-42-26)33-17-19-35(47-33)40(28-12-4-8-24-44-28)36-20-18-34(48-36)39(27-11-3-7-23-43-27)32-16-14-30(37)46-32;/h1-24,45,48H;. The second kappa shape index (κ2) is 12.7. The summed E-state index contributed by atoms with van der Waals surface area (Å²) in [5, 5.41) is 0. The molecule has 9 rings (SSSR count). The van der Waals surface area contributed by atoms with E-state index in [9.17, 15) is 0 Å². The van der Waals surface area contributed by atoms with E-state index in [2.05, 4.69) is 34.2 Å². The van der Waals surface area contributed by atoms with E-state index in [1.165, 1.54) is 0 Å². The fourth-order valence-corrected chi connectivity index (χ4v) is 6.33. The van der Waals surface area contributed by atoms with Crippen LogP contribution >= 0.6 is 0 Å². The molecule has 0 radical (unpaired) electrons. The van der Waals surface area contributed by atoms with Gasteiger partial charge in [-0.05, 0) is 97.1 Å². The summed E-state index contributed by atoms with van der Waals surface area (Å²) in [6.45, 7) is 0. The first-order valence-electron chi connectivity index (χ1n) is 15.6. The van der Waals surface area contributed by atoms with Crippen molar-refractivity contribution in [2.24, 2.45) is 0 Å². The second-order valence-electron chi connectivity index (χ2n) is 11.4. The van der Waals surface area contributed by atoms with Crippen LogP contribution in [0.3, 0.4) is 0 Å². The molecule has 0 atom stereocenters. The Balaban J connectivity index is 0.00000348. The van der Waals surface area contributed by atoms with Gasteiger partial charge in [-0.15, -0.1) is 0 Å². The van der Waals surface area contributed by atoms with Gasteiger partial charge in [0.1, 0.15) is 0 Å². The minimum Gasteiger partial charge on any atom is -0.354 e. The number of pyridine rings is 4. The van der Waals surface area contributed by atoms with Crippen LogP contribution in [0, 0.1) is 0 Å². The molecule has 9 heteroatoms. The molecule has 8 bridgehead atoms. The largest absolute Gasteiger partial charge is 0.354 e. The van der Waals surface area contributed by atoms with Gasteiger partial charge in [-0.3, -0.25) is 19.9 Å². The Labute approximate surface area is 292 Å². The molecule has 7 aromatic rings. The van der Waals surface area contributed by atoms with E-state index >= 15 is 0 Å². The first-order chi connectivity index (χ1) is 23.8. The van der Waals surface area contributed by atoms with Crippen LogP contribution in [0.25, 0.3) is 91.4 Å². The molecule has 0 amide bonds. The van der Waals surface area contributed by atoms with Gasteiger partial charge in [0, 0.05) is 64.1 Å². The van der Waals surface area contributed by atoms with Crippen molar-refractivity contribution in [1.82, 2.24) is 39.9 Å². The third kappa shape index (κ3) is 5.47. The van der Waals surface area contributed by atoms with E-state index in [1.54, 1.807) is 24.8 Å². The molecule has 0 aliphatic carbocycles. The molecular formula is C40H26FeN8. The number of H-pyrrole nitrogens is 2. The van der Waals surface area contributed by atoms with Crippen molar-refractivity contribution in [3.05, 3.63) is 145 Å². The van der Waals surface area contributed by atoms with Crippen molar-refractivity contribution in [1.29, 1.82) is 0 Å². The summed E-state index contributed by atoms with van der Waals surface area (Å²) in [6, 6.07) is 32.0. The van der Waals surface area contributed by atoms with E-state index in [4.69, 9.17) is 29.9 Å². The molecule has 0 unspecified atom stereocenters. The van der Waals surface area contributed by atoms with Gasteiger partial charge in [0.05, 0.1) is 67.6 Å². The molecule has 2 N–H and O–H groups in total. The molecular weight excluding hydrogens is 648 g/mol. The van der Waals surface area contributed by atoms with E-state index in [0.29, 0.717) is 0 Å². The molecule has 8 nitrogen and oxygen atoms in total. The topological polar surface area (TPSA) is 109 Å². The maximum atomic E-state index is 5.24. The van der Waals surface area contributed by atoms with Crippen LogP contribution in [0.5, 0.6) is 0 Å². The molecule has 0 spiro atoms. The number of nitrogens with zero attached hydrogens (tertiary/aromatic N) is 6. The molecule has 2 aliphatic heterocycles. The minimum atomic E-state index is 0. The van der Waals surface area contributed by atoms with Gasteiger partial charge >= 0.3 is 0 Å². The SMILES string of the molecule is C1=Cc2nc1c(-c1ccccn1)c1ccc([nH]1)c(-c1ccccn1)c1nc(c(-c3ccccn3)c3ccc([nH]3)c2-c2ccccn2)C=C1.[Fe]. The van der Waals surface area contributed by atoms with Crippen molar-refractivity contribution >= 4 is 46.4 Å². The maximum Gasteiger partial charge on any atom is 0.0753 e. The zero-order chi connectivity index (χ0) is 31.9. The van der Waals surface area contributed by atoms with Gasteiger partial charge in [0.25, 0.3) is 0 Å². The molecule has 234 valence electrons. The Hall–Kier alpha value is -6.28. The number of aromatic amines is 2. The van der Waals surface area contributed by atoms with E-state index in [1.807, 2.05) is 97.1 Å². The summed E-state index contributed by atoms with van der Waals surface area (Å²) in [5.74, 6) is 0. The van der Waals surface area contributed by atoms with E-state index < -0.39 is 0 Å². The maximum absolute atomic E-state index is 5.24. The fraction of sp³-hybridized carbons (Fsp3) is 0. The third-order valence-corrected chi connectivity index (χ3v) is 8.44. The Morgan fingerprint density at radius 1 is 0.327 bits per heavy atom. The van der Waals surface area contributed by atoms with Gasteiger partial charge in [0.2, 0.25) is 0 Å². The van der Waals surface area contributed by atoms with Crippen LogP contribution in [-0.4, -0.2) is 39.9 Å². The van der Waals surface area contributed by atoms with Gasteiger partial charge in [-0.1, -0.05) is 24.3 Å². The summed E-state index contributed by atoms with van der Waals surface area (Å²) in [5.41, 5.74) is 13.4. The third-order valence-electron chi connectivity index (χ3n) is 8.44. The van der Waals surface area contributed by atoms with Gasteiger partial charge in [0.15, 0.2) is 0 Å². The fourth-order valence-electron chi connectivity index (χ4n) is 6.33. The summed E-state index contributed by atoms with van der Waals surface area (Å²) in [4.78, 5) is 36.9. The predicted octanol–water partition coefficient (Wildman–Crippen LogP) is 8.90. The summed E-state index contributed by atoms with van der Waals surface area (Å²) < 4.78 is 0. The summed E-state index contributed by atoms with van der Waals surface area (Å²) in [6.07, 6.45) is 15.4. The van der Waals surface area contributed by atoms with Crippen molar-refractivity contribution < 1.29 is 17.1 Å². The average Bonchev–Trinajstić information content (AvgIpc) is 3.98. The number of hydrogen-bond donors (Lipinski definition) is 2. The second-order valence-corrected chi connectivity index (χ2v) is 11.4. The predicted molar refractivity (Wildman–Crippen MR) is 192 cm³/mol. The van der Waals surface area contributed by atoms with Crippen molar-refractivity contribution in [2.75, 3.05) is 0 Å². The Kier molecular flexibility index (Phi) is 7.81. The summed E-state index contributed by atoms with van der Waals surface area (Å²) >= 11 is 0. The number of nitrogens with one attached hydrogen (secondary N) is 2. The first-order valence-corrected chi connectivity index (χ1v) is 15.6. The quantitative estimate of drug-likeness (QED) is 0.181. The van der Waals surface area contributed by atoms with Crippen LogP contribution in [-0.2, 0) is 17.1 Å². The van der Waals surface area contributed by atoms with Crippen LogP contribution in [0.4, 0.5) is 0 Å². The number of rotatable bonds is 4. The number of fused-ring (bicyclic) bond motifs is 8. The van der Waals surface area contributed by atoms with Crippen molar-refractivity contribution in [3.63, 3.8) is 0 Å². The number of aromatic nitrogens is 8. The zero-order valence-electron chi connectivity index (χ0n) is 25.9. The Bertz CT molecular complexity index is 2190. The molecule has 0 saturated carbocycles. The first kappa shape index (κ1) is 30.1. The van der Waals surface area contributed by atoms with Gasteiger partial charge in [-0.25, -0.2) is 9.97 Å². The zero-order valence-corrected chi connectivity index (χ0v) is 27.0. The Morgan fingerprint density at radius 2 is 0.592 bits per heavy atom. The summed E-state index contributed by atoms with van der Waals surface area (Å²) in [7, 11) is 0.